The van der Waals surface area contributed by atoms with Crippen LogP contribution in [0.2, 0.25) is 0 Å². The zero-order valence-corrected chi connectivity index (χ0v) is 11.9. The molecule has 1 aliphatic carbocycles. The van der Waals surface area contributed by atoms with E-state index in [1.165, 1.54) is 4.68 Å². The molecule has 1 heterocycles. The van der Waals surface area contributed by atoms with Crippen molar-refractivity contribution in [2.24, 2.45) is 11.7 Å². The second kappa shape index (κ2) is 6.32. The van der Waals surface area contributed by atoms with Crippen LogP contribution in [0.15, 0.2) is 6.20 Å². The predicted molar refractivity (Wildman–Crippen MR) is 73.5 cm³/mol. The standard InChI is InChI=1S/C13H23N5O2/c1-10-2-4-13(20,5-3-10)9-15-12(19)8-18-7-11(6-14)16-17-18/h7,10,20H,2-6,8-9,14H2,1H3,(H,15,19). The van der Waals surface area contributed by atoms with Gasteiger partial charge >= 0.3 is 0 Å². The SMILES string of the molecule is CC1CCC(O)(CNC(=O)Cn2cc(CN)nn2)CC1. The number of nitrogens with zero attached hydrogens (tertiary/aromatic N) is 3. The van der Waals surface area contributed by atoms with Gasteiger partial charge in [0, 0.05) is 13.1 Å². The van der Waals surface area contributed by atoms with Gasteiger partial charge in [0.1, 0.15) is 6.54 Å². The summed E-state index contributed by atoms with van der Waals surface area (Å²) in [4.78, 5) is 11.8. The third-order valence-corrected chi connectivity index (χ3v) is 3.92. The van der Waals surface area contributed by atoms with Crippen molar-refractivity contribution >= 4 is 5.91 Å². The van der Waals surface area contributed by atoms with Gasteiger partial charge in [-0.2, -0.15) is 0 Å². The van der Waals surface area contributed by atoms with Crippen LogP contribution in [0.5, 0.6) is 0 Å². The number of nitrogens with one attached hydrogen (secondary N) is 1. The van der Waals surface area contributed by atoms with E-state index in [2.05, 4.69) is 22.6 Å². The van der Waals surface area contributed by atoms with Gasteiger partial charge in [0.05, 0.1) is 17.5 Å². The van der Waals surface area contributed by atoms with Gasteiger partial charge < -0.3 is 16.2 Å². The molecule has 0 spiro atoms. The number of aliphatic hydroxyl groups is 1. The van der Waals surface area contributed by atoms with Gasteiger partial charge in [-0.3, -0.25) is 4.79 Å². The summed E-state index contributed by atoms with van der Waals surface area (Å²) >= 11 is 0. The van der Waals surface area contributed by atoms with Gasteiger partial charge in [-0.15, -0.1) is 5.10 Å². The predicted octanol–water partition coefficient (Wildman–Crippen LogP) is -0.206. The van der Waals surface area contributed by atoms with E-state index in [-0.39, 0.29) is 12.5 Å². The molecule has 1 aromatic rings. The van der Waals surface area contributed by atoms with Gasteiger partial charge in [-0.25, -0.2) is 4.68 Å². The number of nitrogens with two attached hydrogens (primary N) is 1. The van der Waals surface area contributed by atoms with Crippen LogP contribution in [0, 0.1) is 5.92 Å². The minimum Gasteiger partial charge on any atom is -0.388 e. The van der Waals surface area contributed by atoms with Crippen LogP contribution in [0.1, 0.15) is 38.3 Å². The minimum absolute atomic E-state index is 0.0967. The van der Waals surface area contributed by atoms with E-state index in [9.17, 15) is 9.90 Å². The van der Waals surface area contributed by atoms with Crippen molar-refractivity contribution in [1.29, 1.82) is 0 Å². The van der Waals surface area contributed by atoms with Crippen molar-refractivity contribution in [3.05, 3.63) is 11.9 Å². The number of rotatable bonds is 5. The maximum atomic E-state index is 11.8. The third-order valence-electron chi connectivity index (χ3n) is 3.92. The highest BCUT2D eigenvalue weighted by molar-refractivity contribution is 5.75. The van der Waals surface area contributed by atoms with Crippen molar-refractivity contribution in [1.82, 2.24) is 20.3 Å². The Labute approximate surface area is 118 Å². The number of carbonyl (C=O) groups excluding carboxylic acids is 1. The molecule has 20 heavy (non-hydrogen) atoms. The lowest BCUT2D eigenvalue weighted by Crippen LogP contribution is -2.45. The van der Waals surface area contributed by atoms with Crippen molar-refractivity contribution in [2.45, 2.75) is 51.3 Å². The zero-order chi connectivity index (χ0) is 14.6. The molecule has 0 atom stereocenters. The van der Waals surface area contributed by atoms with E-state index < -0.39 is 5.60 Å². The van der Waals surface area contributed by atoms with E-state index in [0.29, 0.717) is 24.7 Å². The molecule has 0 aromatic carbocycles. The van der Waals surface area contributed by atoms with E-state index in [1.807, 2.05) is 0 Å². The Balaban J connectivity index is 1.77. The molecule has 4 N–H and O–H groups in total. The zero-order valence-electron chi connectivity index (χ0n) is 11.9. The Hall–Kier alpha value is -1.47. The fourth-order valence-corrected chi connectivity index (χ4v) is 2.45. The highest BCUT2D eigenvalue weighted by Crippen LogP contribution is 2.31. The number of hydrogen-bond donors (Lipinski definition) is 3. The highest BCUT2D eigenvalue weighted by Gasteiger charge is 2.31. The smallest absolute Gasteiger partial charge is 0.241 e. The first-order valence-corrected chi connectivity index (χ1v) is 7.09. The summed E-state index contributed by atoms with van der Waals surface area (Å²) in [6.07, 6.45) is 5.16. The van der Waals surface area contributed by atoms with Gasteiger partial charge in [0.2, 0.25) is 5.91 Å². The lowest BCUT2D eigenvalue weighted by molar-refractivity contribution is -0.123. The van der Waals surface area contributed by atoms with Crippen molar-refractivity contribution in [2.75, 3.05) is 6.54 Å². The monoisotopic (exact) mass is 281 g/mol. The van der Waals surface area contributed by atoms with Crippen LogP contribution in [0.4, 0.5) is 0 Å². The van der Waals surface area contributed by atoms with Crippen molar-refractivity contribution < 1.29 is 9.90 Å². The van der Waals surface area contributed by atoms with E-state index in [4.69, 9.17) is 5.73 Å². The minimum atomic E-state index is -0.757. The van der Waals surface area contributed by atoms with Crippen LogP contribution >= 0.6 is 0 Å². The molecule has 0 bridgehead atoms. The summed E-state index contributed by atoms with van der Waals surface area (Å²) in [5.41, 5.74) is 5.32. The summed E-state index contributed by atoms with van der Waals surface area (Å²) in [5.74, 6) is 0.487. The molecule has 2 rings (SSSR count). The molecule has 1 fully saturated rings. The first kappa shape index (κ1) is 14.9. The molecule has 1 amide bonds. The average molecular weight is 281 g/mol. The normalized spacial score (nSPS) is 26.4. The summed E-state index contributed by atoms with van der Waals surface area (Å²) in [6, 6.07) is 0. The molecular formula is C13H23N5O2. The van der Waals surface area contributed by atoms with Crippen LogP contribution in [0.25, 0.3) is 0 Å². The lowest BCUT2D eigenvalue weighted by Gasteiger charge is -2.34. The Morgan fingerprint density at radius 1 is 1.60 bits per heavy atom. The van der Waals surface area contributed by atoms with Gasteiger partial charge in [0.15, 0.2) is 0 Å². The fraction of sp³-hybridized carbons (Fsp3) is 0.769. The number of hydrogen-bond acceptors (Lipinski definition) is 5. The molecule has 1 aromatic heterocycles. The summed E-state index contributed by atoms with van der Waals surface area (Å²) < 4.78 is 1.45. The quantitative estimate of drug-likeness (QED) is 0.692. The van der Waals surface area contributed by atoms with Gasteiger partial charge in [0.25, 0.3) is 0 Å². The average Bonchev–Trinajstić information content (AvgIpc) is 2.88. The molecule has 0 saturated heterocycles. The van der Waals surface area contributed by atoms with Gasteiger partial charge in [-0.1, -0.05) is 12.1 Å². The molecular weight excluding hydrogens is 258 g/mol. The maximum Gasteiger partial charge on any atom is 0.241 e. The van der Waals surface area contributed by atoms with E-state index >= 15 is 0 Å². The first-order chi connectivity index (χ1) is 9.50. The Morgan fingerprint density at radius 3 is 2.90 bits per heavy atom. The molecule has 0 aliphatic heterocycles. The molecule has 112 valence electrons. The van der Waals surface area contributed by atoms with Gasteiger partial charge in [-0.05, 0) is 31.6 Å². The van der Waals surface area contributed by atoms with E-state index in [1.54, 1.807) is 6.20 Å². The Bertz CT molecular complexity index is 451. The van der Waals surface area contributed by atoms with E-state index in [0.717, 1.165) is 25.7 Å². The molecule has 0 unspecified atom stereocenters. The second-order valence-corrected chi connectivity index (χ2v) is 5.80. The maximum absolute atomic E-state index is 11.8. The first-order valence-electron chi connectivity index (χ1n) is 7.09. The third kappa shape index (κ3) is 4.01. The topological polar surface area (TPSA) is 106 Å². The van der Waals surface area contributed by atoms with Crippen LogP contribution in [0.3, 0.4) is 0 Å². The van der Waals surface area contributed by atoms with Crippen molar-refractivity contribution in [3.8, 4) is 0 Å². The van der Waals surface area contributed by atoms with Crippen molar-refractivity contribution in [3.63, 3.8) is 0 Å². The summed E-state index contributed by atoms with van der Waals surface area (Å²) in [7, 11) is 0. The molecule has 1 aliphatic rings. The number of carbonyl (C=O) groups is 1. The number of aromatic nitrogens is 3. The summed E-state index contributed by atoms with van der Waals surface area (Å²) in [5, 5.41) is 20.8. The summed E-state index contributed by atoms with van der Waals surface area (Å²) in [6.45, 7) is 2.90. The molecule has 7 heteroatoms. The Kier molecular flexibility index (Phi) is 4.72. The van der Waals surface area contributed by atoms with Crippen LogP contribution in [-0.4, -0.2) is 38.2 Å². The lowest BCUT2D eigenvalue weighted by atomic mass is 9.79. The number of amides is 1. The second-order valence-electron chi connectivity index (χ2n) is 5.80. The molecule has 1 saturated carbocycles. The molecule has 0 radical (unpaired) electrons. The fourth-order valence-electron chi connectivity index (χ4n) is 2.45. The van der Waals surface area contributed by atoms with Crippen LogP contribution in [-0.2, 0) is 17.9 Å². The van der Waals surface area contributed by atoms with Crippen LogP contribution < -0.4 is 11.1 Å². The molecule has 7 nitrogen and oxygen atoms in total. The highest BCUT2D eigenvalue weighted by atomic mass is 16.3. The Morgan fingerprint density at radius 2 is 2.30 bits per heavy atom. The largest absolute Gasteiger partial charge is 0.388 e.